The van der Waals surface area contributed by atoms with E-state index in [1.165, 1.54) is 11.3 Å². The van der Waals surface area contributed by atoms with Crippen LogP contribution in [0.1, 0.15) is 0 Å². The quantitative estimate of drug-likeness (QED) is 0.727. The largest absolute Gasteiger partial charge is 0.311 e. The van der Waals surface area contributed by atoms with Crippen LogP contribution in [0.3, 0.4) is 0 Å². The molecular weight excluding hydrogens is 302 g/mol. The van der Waals surface area contributed by atoms with Gasteiger partial charge < -0.3 is 10.6 Å². The summed E-state index contributed by atoms with van der Waals surface area (Å²) in [7, 11) is 1.70. The second-order valence-corrected chi connectivity index (χ2v) is 5.20. The summed E-state index contributed by atoms with van der Waals surface area (Å²) >= 11 is 1.43. The summed E-state index contributed by atoms with van der Waals surface area (Å²) in [4.78, 5) is 24.7. The van der Waals surface area contributed by atoms with E-state index < -0.39 is 0 Å². The zero-order valence-corrected chi connectivity index (χ0v) is 12.5. The first kappa shape index (κ1) is 14.3. The van der Waals surface area contributed by atoms with Gasteiger partial charge in [-0.1, -0.05) is 0 Å². The second-order valence-electron chi connectivity index (χ2n) is 4.30. The molecule has 0 aliphatic heterocycles. The molecule has 0 fully saturated rings. The molecule has 0 spiro atoms. The fourth-order valence-electron chi connectivity index (χ4n) is 1.80. The molecule has 3 aromatic rings. The molecule has 8 nitrogen and oxygen atoms in total. The van der Waals surface area contributed by atoms with Crippen LogP contribution in [0.25, 0.3) is 16.6 Å². The molecule has 0 radical (unpaired) electrons. The van der Waals surface area contributed by atoms with E-state index >= 15 is 0 Å². The second kappa shape index (κ2) is 6.41. The van der Waals surface area contributed by atoms with Gasteiger partial charge in [-0.25, -0.2) is 19.6 Å². The Morgan fingerprint density at radius 2 is 2.27 bits per heavy atom. The number of thiazole rings is 1. The van der Waals surface area contributed by atoms with Gasteiger partial charge in [-0.2, -0.15) is 5.10 Å². The molecule has 3 rings (SSSR count). The summed E-state index contributed by atoms with van der Waals surface area (Å²) in [6.45, 7) is 0.202. The van der Waals surface area contributed by atoms with Crippen molar-refractivity contribution in [3.63, 3.8) is 0 Å². The predicted octanol–water partition coefficient (Wildman–Crippen LogP) is 0.944. The summed E-state index contributed by atoms with van der Waals surface area (Å²) in [6.07, 6.45) is 5.11. The summed E-state index contributed by atoms with van der Waals surface area (Å²) < 4.78 is 1.60. The molecule has 0 saturated heterocycles. The van der Waals surface area contributed by atoms with E-state index in [4.69, 9.17) is 0 Å². The van der Waals surface area contributed by atoms with Crippen LogP contribution in [-0.2, 0) is 4.79 Å². The number of hydrogen-bond donors (Lipinski definition) is 2. The maximum atomic E-state index is 11.7. The molecule has 0 bridgehead atoms. The van der Waals surface area contributed by atoms with E-state index in [-0.39, 0.29) is 12.5 Å². The highest BCUT2D eigenvalue weighted by molar-refractivity contribution is 7.13. The fourth-order valence-corrected chi connectivity index (χ4v) is 2.37. The van der Waals surface area contributed by atoms with Crippen molar-refractivity contribution < 1.29 is 4.79 Å². The Labute approximate surface area is 130 Å². The number of carbonyl (C=O) groups is 1. The number of amides is 1. The van der Waals surface area contributed by atoms with Gasteiger partial charge in [-0.3, -0.25) is 4.79 Å². The van der Waals surface area contributed by atoms with Crippen LogP contribution in [0.15, 0.2) is 36.1 Å². The zero-order chi connectivity index (χ0) is 15.4. The van der Waals surface area contributed by atoms with Crippen LogP contribution < -0.4 is 10.6 Å². The van der Waals surface area contributed by atoms with Crippen LogP contribution in [0.2, 0.25) is 0 Å². The smallest absolute Gasteiger partial charge is 0.239 e. The standard InChI is InChI=1S/C13H13N7OS/c1-14-8-11(21)17-9-7-10(20-5-2-3-16-20)19-12(18-9)13-15-4-6-22-13/h2-7,14H,8H2,1H3,(H,17,18,19,21). The number of anilines is 1. The Kier molecular flexibility index (Phi) is 4.17. The molecule has 0 aromatic carbocycles. The highest BCUT2D eigenvalue weighted by Crippen LogP contribution is 2.21. The number of carbonyl (C=O) groups excluding carboxylic acids is 1. The normalized spacial score (nSPS) is 10.6. The minimum Gasteiger partial charge on any atom is -0.311 e. The van der Waals surface area contributed by atoms with Crippen molar-refractivity contribution >= 4 is 23.1 Å². The third-order valence-electron chi connectivity index (χ3n) is 2.68. The van der Waals surface area contributed by atoms with Crippen LogP contribution in [0.5, 0.6) is 0 Å². The number of nitrogens with one attached hydrogen (secondary N) is 2. The van der Waals surface area contributed by atoms with Crippen molar-refractivity contribution in [2.75, 3.05) is 18.9 Å². The van der Waals surface area contributed by atoms with E-state index in [9.17, 15) is 4.79 Å². The number of aromatic nitrogens is 5. The minimum atomic E-state index is -0.183. The maximum absolute atomic E-state index is 11.7. The Bertz CT molecular complexity index is 702. The Morgan fingerprint density at radius 3 is 2.95 bits per heavy atom. The monoisotopic (exact) mass is 315 g/mol. The first-order chi connectivity index (χ1) is 10.8. The van der Waals surface area contributed by atoms with E-state index in [0.717, 1.165) is 0 Å². The molecule has 1 amide bonds. The Hall–Kier alpha value is -2.65. The number of rotatable bonds is 5. The number of nitrogens with zero attached hydrogens (tertiary/aromatic N) is 5. The van der Waals surface area contributed by atoms with Crippen LogP contribution in [-0.4, -0.2) is 44.2 Å². The summed E-state index contributed by atoms with van der Waals surface area (Å²) in [6, 6.07) is 3.46. The lowest BCUT2D eigenvalue weighted by Gasteiger charge is -2.08. The summed E-state index contributed by atoms with van der Waals surface area (Å²) in [5.74, 6) is 1.23. The first-order valence-corrected chi connectivity index (χ1v) is 7.37. The van der Waals surface area contributed by atoms with Gasteiger partial charge >= 0.3 is 0 Å². The van der Waals surface area contributed by atoms with Crippen LogP contribution >= 0.6 is 11.3 Å². The highest BCUT2D eigenvalue weighted by Gasteiger charge is 2.12. The molecule has 3 aromatic heterocycles. The van der Waals surface area contributed by atoms with Crippen LogP contribution in [0.4, 0.5) is 5.82 Å². The van der Waals surface area contributed by atoms with E-state index in [2.05, 4.69) is 30.7 Å². The Balaban J connectivity index is 2.00. The predicted molar refractivity (Wildman–Crippen MR) is 82.8 cm³/mol. The lowest BCUT2D eigenvalue weighted by atomic mass is 10.4. The third-order valence-corrected chi connectivity index (χ3v) is 3.45. The number of likely N-dealkylation sites (N-methyl/N-ethyl adjacent to an activating group) is 1. The van der Waals surface area contributed by atoms with Gasteiger partial charge in [-0.15, -0.1) is 11.3 Å². The SMILES string of the molecule is CNCC(=O)Nc1cc(-n2cccn2)nc(-c2nccs2)n1. The molecule has 2 N–H and O–H groups in total. The topological polar surface area (TPSA) is 97.6 Å². The van der Waals surface area contributed by atoms with Crippen molar-refractivity contribution in [2.45, 2.75) is 0 Å². The summed E-state index contributed by atoms with van der Waals surface area (Å²) in [5, 5.41) is 12.2. The lowest BCUT2D eigenvalue weighted by Crippen LogP contribution is -2.25. The van der Waals surface area contributed by atoms with E-state index in [1.54, 1.807) is 42.5 Å². The molecule has 0 aliphatic rings. The molecule has 22 heavy (non-hydrogen) atoms. The van der Waals surface area contributed by atoms with E-state index in [0.29, 0.717) is 22.5 Å². The molecule has 0 unspecified atom stereocenters. The van der Waals surface area contributed by atoms with Gasteiger partial charge in [0.05, 0.1) is 6.54 Å². The van der Waals surface area contributed by atoms with E-state index in [1.807, 2.05) is 5.38 Å². The Morgan fingerprint density at radius 1 is 1.36 bits per heavy atom. The average molecular weight is 315 g/mol. The molecule has 112 valence electrons. The van der Waals surface area contributed by atoms with Crippen molar-refractivity contribution in [1.82, 2.24) is 30.0 Å². The van der Waals surface area contributed by atoms with Crippen molar-refractivity contribution in [2.24, 2.45) is 0 Å². The molecule has 0 aliphatic carbocycles. The third kappa shape index (κ3) is 3.15. The van der Waals surface area contributed by atoms with Gasteiger partial charge in [0.25, 0.3) is 0 Å². The van der Waals surface area contributed by atoms with Gasteiger partial charge in [0.2, 0.25) is 5.91 Å². The molecule has 0 saturated carbocycles. The molecule has 9 heteroatoms. The van der Waals surface area contributed by atoms with Gasteiger partial charge in [0.1, 0.15) is 5.82 Å². The first-order valence-electron chi connectivity index (χ1n) is 6.49. The lowest BCUT2D eigenvalue weighted by molar-refractivity contribution is -0.115. The van der Waals surface area contributed by atoms with Crippen molar-refractivity contribution in [3.05, 3.63) is 36.1 Å². The highest BCUT2D eigenvalue weighted by atomic mass is 32.1. The van der Waals surface area contributed by atoms with Crippen molar-refractivity contribution in [3.8, 4) is 16.6 Å². The molecular formula is C13H13N7OS. The minimum absolute atomic E-state index is 0.183. The summed E-state index contributed by atoms with van der Waals surface area (Å²) in [5.41, 5.74) is 0. The molecule has 0 atom stereocenters. The fraction of sp³-hybridized carbons (Fsp3) is 0.154. The maximum Gasteiger partial charge on any atom is 0.239 e. The number of hydrogen-bond acceptors (Lipinski definition) is 7. The van der Waals surface area contributed by atoms with Crippen molar-refractivity contribution in [1.29, 1.82) is 0 Å². The average Bonchev–Trinajstić information content (AvgIpc) is 3.21. The van der Waals surface area contributed by atoms with Gasteiger partial charge in [0, 0.05) is 30.0 Å². The van der Waals surface area contributed by atoms with Gasteiger partial charge in [-0.05, 0) is 13.1 Å². The van der Waals surface area contributed by atoms with Crippen LogP contribution in [0, 0.1) is 0 Å². The molecule has 3 heterocycles. The zero-order valence-electron chi connectivity index (χ0n) is 11.7. The van der Waals surface area contributed by atoms with Gasteiger partial charge in [0.15, 0.2) is 16.6 Å².